The van der Waals surface area contributed by atoms with E-state index in [0.29, 0.717) is 18.2 Å². The molecule has 0 radical (unpaired) electrons. The van der Waals surface area contributed by atoms with E-state index in [1.807, 2.05) is 42.5 Å². The maximum Gasteiger partial charge on any atom is 0.127 e. The summed E-state index contributed by atoms with van der Waals surface area (Å²) in [5, 5.41) is 0.694. The van der Waals surface area contributed by atoms with Crippen LogP contribution in [0.25, 0.3) is 0 Å². The van der Waals surface area contributed by atoms with Gasteiger partial charge in [-0.2, -0.15) is 0 Å². The molecule has 2 aromatic carbocycles. The zero-order chi connectivity index (χ0) is 13.7. The van der Waals surface area contributed by atoms with Crippen LogP contribution in [0.2, 0.25) is 5.02 Å². The van der Waals surface area contributed by atoms with Gasteiger partial charge in [0.1, 0.15) is 18.1 Å². The molecule has 2 N–H and O–H groups in total. The lowest BCUT2D eigenvalue weighted by Crippen LogP contribution is -2.03. The first-order valence-electron chi connectivity index (χ1n) is 5.97. The number of hydrogen-bond donors (Lipinski definition) is 1. The van der Waals surface area contributed by atoms with Crippen molar-refractivity contribution in [1.29, 1.82) is 0 Å². The van der Waals surface area contributed by atoms with Gasteiger partial charge in [0.15, 0.2) is 0 Å². The van der Waals surface area contributed by atoms with E-state index in [1.165, 1.54) is 0 Å². The van der Waals surface area contributed by atoms with E-state index < -0.39 is 0 Å². The highest BCUT2D eigenvalue weighted by molar-refractivity contribution is 6.31. The molecule has 2 rings (SSSR count). The Balaban J connectivity index is 2.16. The second-order valence-electron chi connectivity index (χ2n) is 4.06. The van der Waals surface area contributed by atoms with Crippen molar-refractivity contribution in [3.63, 3.8) is 0 Å². The Morgan fingerprint density at radius 1 is 1.11 bits per heavy atom. The van der Waals surface area contributed by atoms with Crippen molar-refractivity contribution in [1.82, 2.24) is 0 Å². The van der Waals surface area contributed by atoms with Crippen LogP contribution in [-0.2, 0) is 13.2 Å². The summed E-state index contributed by atoms with van der Waals surface area (Å²) in [5.41, 5.74) is 7.57. The fourth-order valence-corrected chi connectivity index (χ4v) is 1.93. The van der Waals surface area contributed by atoms with Crippen LogP contribution in [0.4, 0.5) is 0 Å². The Morgan fingerprint density at radius 2 is 1.89 bits per heavy atom. The fraction of sp³-hybridized carbons (Fsp3) is 0.200. The van der Waals surface area contributed by atoms with E-state index >= 15 is 0 Å². The van der Waals surface area contributed by atoms with Crippen LogP contribution in [0.1, 0.15) is 11.1 Å². The number of rotatable bonds is 5. The van der Waals surface area contributed by atoms with Crippen molar-refractivity contribution < 1.29 is 9.47 Å². The molecule has 0 saturated carbocycles. The molecule has 0 fully saturated rings. The molecular formula is C15H16ClNO2. The number of benzene rings is 2. The zero-order valence-corrected chi connectivity index (χ0v) is 11.5. The lowest BCUT2D eigenvalue weighted by Gasteiger charge is -2.12. The van der Waals surface area contributed by atoms with E-state index in [1.54, 1.807) is 7.11 Å². The SMILES string of the molecule is COc1ccc(CN)c(OCc2ccccc2Cl)c1. The van der Waals surface area contributed by atoms with Crippen LogP contribution in [0, 0.1) is 0 Å². The van der Waals surface area contributed by atoms with Gasteiger partial charge in [0.2, 0.25) is 0 Å². The Morgan fingerprint density at radius 3 is 2.58 bits per heavy atom. The van der Waals surface area contributed by atoms with Crippen LogP contribution < -0.4 is 15.2 Å². The molecule has 3 nitrogen and oxygen atoms in total. The first-order valence-corrected chi connectivity index (χ1v) is 6.35. The minimum atomic E-state index is 0.403. The standard InChI is InChI=1S/C15H16ClNO2/c1-18-13-7-6-11(9-17)15(8-13)19-10-12-4-2-3-5-14(12)16/h2-8H,9-10,17H2,1H3. The summed E-state index contributed by atoms with van der Waals surface area (Å²) < 4.78 is 11.0. The summed E-state index contributed by atoms with van der Waals surface area (Å²) >= 11 is 6.09. The molecule has 0 bridgehead atoms. The predicted octanol–water partition coefficient (Wildman–Crippen LogP) is 3.39. The Bertz CT molecular complexity index is 558. The predicted molar refractivity (Wildman–Crippen MR) is 76.7 cm³/mol. The van der Waals surface area contributed by atoms with Gasteiger partial charge >= 0.3 is 0 Å². The molecule has 0 aliphatic rings. The van der Waals surface area contributed by atoms with Crippen molar-refractivity contribution in [3.8, 4) is 11.5 Å². The van der Waals surface area contributed by atoms with E-state index in [2.05, 4.69) is 0 Å². The summed E-state index contributed by atoms with van der Waals surface area (Å²) in [4.78, 5) is 0. The Kier molecular flexibility index (Phi) is 4.66. The zero-order valence-electron chi connectivity index (χ0n) is 10.7. The van der Waals surface area contributed by atoms with Crippen molar-refractivity contribution in [2.45, 2.75) is 13.2 Å². The topological polar surface area (TPSA) is 44.5 Å². The second-order valence-corrected chi connectivity index (χ2v) is 4.47. The minimum Gasteiger partial charge on any atom is -0.497 e. The van der Waals surface area contributed by atoms with Gasteiger partial charge in [-0.15, -0.1) is 0 Å². The van der Waals surface area contributed by atoms with Gasteiger partial charge in [0.05, 0.1) is 7.11 Å². The normalized spacial score (nSPS) is 10.3. The fourth-order valence-electron chi connectivity index (χ4n) is 1.74. The first-order chi connectivity index (χ1) is 9.24. The molecule has 0 aliphatic heterocycles. The van der Waals surface area contributed by atoms with Gasteiger partial charge in [0, 0.05) is 28.8 Å². The molecule has 0 aromatic heterocycles. The first kappa shape index (κ1) is 13.7. The monoisotopic (exact) mass is 277 g/mol. The van der Waals surface area contributed by atoms with Crippen molar-refractivity contribution >= 4 is 11.6 Å². The lowest BCUT2D eigenvalue weighted by molar-refractivity contribution is 0.300. The van der Waals surface area contributed by atoms with Gasteiger partial charge in [-0.1, -0.05) is 35.9 Å². The van der Waals surface area contributed by atoms with Crippen LogP contribution in [0.3, 0.4) is 0 Å². The van der Waals surface area contributed by atoms with Crippen molar-refractivity contribution in [3.05, 3.63) is 58.6 Å². The minimum absolute atomic E-state index is 0.403. The van der Waals surface area contributed by atoms with E-state index in [9.17, 15) is 0 Å². The van der Waals surface area contributed by atoms with Crippen molar-refractivity contribution in [2.24, 2.45) is 5.73 Å². The largest absolute Gasteiger partial charge is 0.497 e. The van der Waals surface area contributed by atoms with Crippen molar-refractivity contribution in [2.75, 3.05) is 7.11 Å². The van der Waals surface area contributed by atoms with E-state index in [4.69, 9.17) is 26.8 Å². The second kappa shape index (κ2) is 6.45. The molecule has 0 spiro atoms. The highest BCUT2D eigenvalue weighted by Gasteiger charge is 2.06. The van der Waals surface area contributed by atoms with Gasteiger partial charge in [-0.05, 0) is 12.1 Å². The van der Waals surface area contributed by atoms with Crippen LogP contribution in [0.15, 0.2) is 42.5 Å². The lowest BCUT2D eigenvalue weighted by atomic mass is 10.2. The summed E-state index contributed by atoms with van der Waals surface area (Å²) in [7, 11) is 1.62. The highest BCUT2D eigenvalue weighted by atomic mass is 35.5. The summed E-state index contributed by atoms with van der Waals surface area (Å²) in [5.74, 6) is 1.47. The Labute approximate surface area is 117 Å². The molecular weight excluding hydrogens is 262 g/mol. The summed E-state index contributed by atoms with van der Waals surface area (Å²) in [6.45, 7) is 0.821. The quantitative estimate of drug-likeness (QED) is 0.911. The third-order valence-electron chi connectivity index (χ3n) is 2.84. The number of hydrogen-bond acceptors (Lipinski definition) is 3. The van der Waals surface area contributed by atoms with E-state index in [0.717, 1.165) is 22.6 Å². The molecule has 19 heavy (non-hydrogen) atoms. The number of nitrogens with two attached hydrogens (primary N) is 1. The Hall–Kier alpha value is -1.71. The molecule has 0 unspecified atom stereocenters. The third-order valence-corrected chi connectivity index (χ3v) is 3.20. The van der Waals surface area contributed by atoms with Gasteiger partial charge in [-0.3, -0.25) is 0 Å². The van der Waals surface area contributed by atoms with Gasteiger partial charge in [0.25, 0.3) is 0 Å². The van der Waals surface area contributed by atoms with Crippen LogP contribution in [0.5, 0.6) is 11.5 Å². The highest BCUT2D eigenvalue weighted by Crippen LogP contribution is 2.26. The number of ether oxygens (including phenoxy) is 2. The molecule has 0 saturated heterocycles. The van der Waals surface area contributed by atoms with Crippen LogP contribution >= 0.6 is 11.6 Å². The molecule has 2 aromatic rings. The molecule has 0 heterocycles. The molecule has 4 heteroatoms. The van der Waals surface area contributed by atoms with Crippen LogP contribution in [-0.4, -0.2) is 7.11 Å². The molecule has 0 atom stereocenters. The maximum absolute atomic E-state index is 6.09. The van der Waals surface area contributed by atoms with E-state index in [-0.39, 0.29) is 0 Å². The number of methoxy groups -OCH3 is 1. The number of halogens is 1. The average Bonchev–Trinajstić information content (AvgIpc) is 2.46. The summed E-state index contributed by atoms with van der Waals surface area (Å²) in [6, 6.07) is 13.2. The average molecular weight is 278 g/mol. The molecule has 100 valence electrons. The summed E-state index contributed by atoms with van der Waals surface area (Å²) in [6.07, 6.45) is 0. The molecule has 0 aliphatic carbocycles. The maximum atomic E-state index is 6.09. The third kappa shape index (κ3) is 3.40. The molecule has 0 amide bonds. The smallest absolute Gasteiger partial charge is 0.127 e. The van der Waals surface area contributed by atoms with Gasteiger partial charge < -0.3 is 15.2 Å². The van der Waals surface area contributed by atoms with Gasteiger partial charge in [-0.25, -0.2) is 0 Å².